The Morgan fingerprint density at radius 2 is 2.05 bits per heavy atom. The van der Waals surface area contributed by atoms with E-state index in [1.807, 2.05) is 31.2 Å². The summed E-state index contributed by atoms with van der Waals surface area (Å²) in [6.45, 7) is 6.75. The fraction of sp³-hybridized carbons (Fsp3) is 0.200. The molecule has 2 rings (SSSR count). The van der Waals surface area contributed by atoms with Gasteiger partial charge >= 0.3 is 0 Å². The molecule has 0 bridgehead atoms. The molecule has 0 fully saturated rings. The van der Waals surface area contributed by atoms with Crippen LogP contribution >= 0.6 is 0 Å². The number of anilines is 4. The summed E-state index contributed by atoms with van der Waals surface area (Å²) in [6.07, 6.45) is 3.19. The van der Waals surface area contributed by atoms with Gasteiger partial charge in [-0.25, -0.2) is 9.97 Å². The maximum absolute atomic E-state index is 6.07. The minimum atomic E-state index is 0.450. The molecule has 0 radical (unpaired) electrons. The zero-order valence-corrected chi connectivity index (χ0v) is 12.0. The fourth-order valence-corrected chi connectivity index (χ4v) is 1.78. The number of hydrogen-bond donors (Lipinski definition) is 3. The summed E-state index contributed by atoms with van der Waals surface area (Å²) < 4.78 is 5.57. The molecule has 0 aliphatic carbocycles. The van der Waals surface area contributed by atoms with Crippen LogP contribution in [0, 0.1) is 0 Å². The highest BCUT2D eigenvalue weighted by Gasteiger charge is 2.10. The molecule has 0 saturated carbocycles. The Labute approximate surface area is 124 Å². The van der Waals surface area contributed by atoms with Crippen LogP contribution in [0.2, 0.25) is 0 Å². The quantitative estimate of drug-likeness (QED) is 0.678. The molecule has 1 aromatic heterocycles. The van der Waals surface area contributed by atoms with Gasteiger partial charge in [0.2, 0.25) is 0 Å². The third-order valence-corrected chi connectivity index (χ3v) is 2.74. The topological polar surface area (TPSA) is 85.1 Å². The van der Waals surface area contributed by atoms with Gasteiger partial charge in [0.15, 0.2) is 11.6 Å². The number of rotatable bonds is 7. The third kappa shape index (κ3) is 3.62. The zero-order chi connectivity index (χ0) is 15.1. The number of hydrogen-bond acceptors (Lipinski definition) is 6. The molecule has 21 heavy (non-hydrogen) atoms. The van der Waals surface area contributed by atoms with Gasteiger partial charge in [0.05, 0.1) is 12.3 Å². The van der Waals surface area contributed by atoms with Crippen molar-refractivity contribution in [2.45, 2.75) is 6.92 Å². The van der Waals surface area contributed by atoms with Crippen LogP contribution in [0.1, 0.15) is 6.92 Å². The number of aromatic nitrogens is 2. The Bertz CT molecular complexity index is 615. The second kappa shape index (κ2) is 7.14. The van der Waals surface area contributed by atoms with Crippen LogP contribution in [0.5, 0.6) is 5.75 Å². The molecule has 4 N–H and O–H groups in total. The molecular weight excluding hydrogens is 266 g/mol. The van der Waals surface area contributed by atoms with E-state index in [4.69, 9.17) is 10.5 Å². The van der Waals surface area contributed by atoms with E-state index in [9.17, 15) is 0 Å². The fourth-order valence-electron chi connectivity index (χ4n) is 1.78. The molecule has 0 unspecified atom stereocenters. The van der Waals surface area contributed by atoms with Crippen molar-refractivity contribution in [1.82, 2.24) is 9.97 Å². The van der Waals surface area contributed by atoms with Crippen molar-refractivity contribution >= 4 is 23.0 Å². The summed E-state index contributed by atoms with van der Waals surface area (Å²) in [5, 5.41) is 6.24. The van der Waals surface area contributed by atoms with Gasteiger partial charge in [-0.05, 0) is 19.1 Å². The molecule has 1 aromatic carbocycles. The molecule has 6 nitrogen and oxygen atoms in total. The highest BCUT2D eigenvalue weighted by atomic mass is 16.5. The van der Waals surface area contributed by atoms with Crippen LogP contribution in [0.25, 0.3) is 0 Å². The Hall–Kier alpha value is -2.76. The van der Waals surface area contributed by atoms with Crippen molar-refractivity contribution in [2.75, 3.05) is 29.5 Å². The van der Waals surface area contributed by atoms with E-state index in [1.54, 1.807) is 6.08 Å². The van der Waals surface area contributed by atoms with E-state index >= 15 is 0 Å². The highest BCUT2D eigenvalue weighted by molar-refractivity contribution is 5.79. The molecule has 0 saturated heterocycles. The number of benzene rings is 1. The predicted octanol–water partition coefficient (Wildman–Crippen LogP) is 2.80. The first-order chi connectivity index (χ1) is 10.3. The van der Waals surface area contributed by atoms with E-state index in [0.29, 0.717) is 30.5 Å². The number of nitrogens with one attached hydrogen (secondary N) is 2. The normalized spacial score (nSPS) is 9.95. The highest BCUT2D eigenvalue weighted by Crippen LogP contribution is 2.30. The zero-order valence-electron chi connectivity index (χ0n) is 12.0. The molecule has 110 valence electrons. The van der Waals surface area contributed by atoms with E-state index in [-0.39, 0.29) is 0 Å². The van der Waals surface area contributed by atoms with Crippen LogP contribution in [-0.2, 0) is 0 Å². The summed E-state index contributed by atoms with van der Waals surface area (Å²) in [6, 6.07) is 7.62. The molecule has 0 spiro atoms. The second-order valence-corrected chi connectivity index (χ2v) is 4.21. The van der Waals surface area contributed by atoms with Crippen LogP contribution < -0.4 is 21.1 Å². The summed E-state index contributed by atoms with van der Waals surface area (Å²) in [7, 11) is 0. The molecule has 1 heterocycles. The molecule has 6 heteroatoms. The maximum Gasteiger partial charge on any atom is 0.159 e. The number of nitrogens with zero attached hydrogens (tertiary/aromatic N) is 2. The lowest BCUT2D eigenvalue weighted by Gasteiger charge is -2.14. The van der Waals surface area contributed by atoms with Crippen molar-refractivity contribution in [3.8, 4) is 5.75 Å². The van der Waals surface area contributed by atoms with E-state index < -0.39 is 0 Å². The predicted molar refractivity (Wildman–Crippen MR) is 86.0 cm³/mol. The van der Waals surface area contributed by atoms with E-state index in [2.05, 4.69) is 27.2 Å². The first kappa shape index (κ1) is 14.6. The average Bonchev–Trinajstić information content (AvgIpc) is 2.50. The van der Waals surface area contributed by atoms with Crippen LogP contribution in [0.3, 0.4) is 0 Å². The SMILES string of the molecule is C=CCNc1ncnc(Nc2ccccc2OCC)c1N. The largest absolute Gasteiger partial charge is 0.492 e. The van der Waals surface area contributed by atoms with Crippen LogP contribution in [-0.4, -0.2) is 23.1 Å². The monoisotopic (exact) mass is 285 g/mol. The average molecular weight is 285 g/mol. The number of ether oxygens (including phenoxy) is 1. The molecule has 0 amide bonds. The molecular formula is C15H19N5O. The van der Waals surface area contributed by atoms with Gasteiger partial charge < -0.3 is 21.1 Å². The van der Waals surface area contributed by atoms with Crippen molar-refractivity contribution in [3.05, 3.63) is 43.2 Å². The van der Waals surface area contributed by atoms with Crippen molar-refractivity contribution in [3.63, 3.8) is 0 Å². The lowest BCUT2D eigenvalue weighted by Crippen LogP contribution is -2.08. The second-order valence-electron chi connectivity index (χ2n) is 4.21. The van der Waals surface area contributed by atoms with Gasteiger partial charge in [0.1, 0.15) is 17.8 Å². The van der Waals surface area contributed by atoms with Gasteiger partial charge in [0, 0.05) is 6.54 Å². The molecule has 0 aliphatic heterocycles. The van der Waals surface area contributed by atoms with Crippen molar-refractivity contribution in [1.29, 1.82) is 0 Å². The summed E-state index contributed by atoms with van der Waals surface area (Å²) in [5.74, 6) is 1.85. The number of nitrogens with two attached hydrogens (primary N) is 1. The molecule has 2 aromatic rings. The minimum Gasteiger partial charge on any atom is -0.492 e. The van der Waals surface area contributed by atoms with Gasteiger partial charge in [-0.2, -0.15) is 0 Å². The Balaban J connectivity index is 2.25. The Morgan fingerprint density at radius 1 is 1.29 bits per heavy atom. The molecule has 0 atom stereocenters. The van der Waals surface area contributed by atoms with E-state index in [0.717, 1.165) is 11.4 Å². The minimum absolute atomic E-state index is 0.450. The van der Waals surface area contributed by atoms with Crippen molar-refractivity contribution in [2.24, 2.45) is 0 Å². The number of nitrogen functional groups attached to an aromatic ring is 1. The number of para-hydroxylation sites is 2. The first-order valence-corrected chi connectivity index (χ1v) is 6.70. The van der Waals surface area contributed by atoms with Crippen LogP contribution in [0.15, 0.2) is 43.2 Å². The van der Waals surface area contributed by atoms with Crippen molar-refractivity contribution < 1.29 is 4.74 Å². The molecule has 0 aliphatic rings. The van der Waals surface area contributed by atoms with Gasteiger partial charge in [0.25, 0.3) is 0 Å². The van der Waals surface area contributed by atoms with Gasteiger partial charge in [-0.15, -0.1) is 6.58 Å². The van der Waals surface area contributed by atoms with Gasteiger partial charge in [-0.3, -0.25) is 0 Å². The standard InChI is InChI=1S/C15H19N5O/c1-3-9-17-14-13(16)15(19-10-18-14)20-11-7-5-6-8-12(11)21-4-2/h3,5-8,10H,1,4,9,16H2,2H3,(H2,17,18,19,20). The van der Waals surface area contributed by atoms with Crippen LogP contribution in [0.4, 0.5) is 23.0 Å². The maximum atomic E-state index is 6.07. The smallest absolute Gasteiger partial charge is 0.159 e. The third-order valence-electron chi connectivity index (χ3n) is 2.74. The van der Waals surface area contributed by atoms with E-state index in [1.165, 1.54) is 6.33 Å². The summed E-state index contributed by atoms with van der Waals surface area (Å²) in [5.41, 5.74) is 7.33. The Kier molecular flexibility index (Phi) is 4.98. The lowest BCUT2D eigenvalue weighted by atomic mass is 10.3. The first-order valence-electron chi connectivity index (χ1n) is 6.70. The lowest BCUT2D eigenvalue weighted by molar-refractivity contribution is 0.342. The summed E-state index contributed by atoms with van der Waals surface area (Å²) >= 11 is 0. The van der Waals surface area contributed by atoms with Gasteiger partial charge in [-0.1, -0.05) is 18.2 Å². The Morgan fingerprint density at radius 3 is 2.81 bits per heavy atom. The summed E-state index contributed by atoms with van der Waals surface area (Å²) in [4.78, 5) is 8.29.